The predicted molar refractivity (Wildman–Crippen MR) is 69.5 cm³/mol. The van der Waals surface area contributed by atoms with Gasteiger partial charge in [0.2, 0.25) is 0 Å². The van der Waals surface area contributed by atoms with E-state index in [0.29, 0.717) is 0 Å². The summed E-state index contributed by atoms with van der Waals surface area (Å²) < 4.78 is 5.30. The molecule has 0 fully saturated rings. The van der Waals surface area contributed by atoms with Crippen LogP contribution in [0.3, 0.4) is 0 Å². The molecule has 16 heavy (non-hydrogen) atoms. The molecule has 0 bridgehead atoms. The van der Waals surface area contributed by atoms with Gasteiger partial charge in [-0.05, 0) is 44.5 Å². The molecule has 90 valence electrons. The second-order valence-corrected chi connectivity index (χ2v) is 4.14. The lowest BCUT2D eigenvalue weighted by Crippen LogP contribution is -2.14. The van der Waals surface area contributed by atoms with Gasteiger partial charge < -0.3 is 10.1 Å². The van der Waals surface area contributed by atoms with Crippen LogP contribution in [0.15, 0.2) is 18.2 Å². The summed E-state index contributed by atoms with van der Waals surface area (Å²) in [4.78, 5) is 0. The van der Waals surface area contributed by atoms with E-state index in [1.165, 1.54) is 6.42 Å². The lowest BCUT2D eigenvalue weighted by molar-refractivity contribution is 0.409. The fraction of sp³-hybridized carbons (Fsp3) is 0.538. The Labute approximate surface area is 103 Å². The SMILES string of the molecule is CCNCCCCc1c(Cl)cccc1OC. The van der Waals surface area contributed by atoms with Crippen molar-refractivity contribution in [1.29, 1.82) is 0 Å². The minimum Gasteiger partial charge on any atom is -0.496 e. The molecule has 2 nitrogen and oxygen atoms in total. The third-order valence-corrected chi connectivity index (χ3v) is 2.93. The molecular formula is C13H20ClNO. The molecule has 1 aromatic rings. The zero-order valence-corrected chi connectivity index (χ0v) is 10.8. The van der Waals surface area contributed by atoms with Crippen LogP contribution in [-0.4, -0.2) is 20.2 Å². The topological polar surface area (TPSA) is 21.3 Å². The van der Waals surface area contributed by atoms with Gasteiger partial charge in [-0.25, -0.2) is 0 Å². The number of hydrogen-bond donors (Lipinski definition) is 1. The monoisotopic (exact) mass is 241 g/mol. The highest BCUT2D eigenvalue weighted by atomic mass is 35.5. The number of nitrogens with one attached hydrogen (secondary N) is 1. The van der Waals surface area contributed by atoms with Crippen molar-refractivity contribution in [3.63, 3.8) is 0 Å². The second-order valence-electron chi connectivity index (χ2n) is 3.73. The standard InChI is InChI=1S/C13H20ClNO/c1-3-15-10-5-4-7-11-12(14)8-6-9-13(11)16-2/h6,8-9,15H,3-5,7,10H2,1-2H3. The molecule has 0 atom stereocenters. The summed E-state index contributed by atoms with van der Waals surface area (Å²) in [5.74, 6) is 0.899. The van der Waals surface area contributed by atoms with E-state index in [4.69, 9.17) is 16.3 Å². The van der Waals surface area contributed by atoms with E-state index in [2.05, 4.69) is 12.2 Å². The normalized spacial score (nSPS) is 10.4. The van der Waals surface area contributed by atoms with Gasteiger partial charge in [-0.2, -0.15) is 0 Å². The fourth-order valence-electron chi connectivity index (χ4n) is 1.70. The van der Waals surface area contributed by atoms with Gasteiger partial charge in [-0.15, -0.1) is 0 Å². The maximum absolute atomic E-state index is 6.15. The van der Waals surface area contributed by atoms with E-state index in [1.54, 1.807) is 7.11 Å². The molecule has 0 amide bonds. The Hall–Kier alpha value is -0.730. The van der Waals surface area contributed by atoms with E-state index < -0.39 is 0 Å². The van der Waals surface area contributed by atoms with Gasteiger partial charge >= 0.3 is 0 Å². The van der Waals surface area contributed by atoms with Crippen LogP contribution in [0.1, 0.15) is 25.3 Å². The van der Waals surface area contributed by atoms with E-state index in [1.807, 2.05) is 18.2 Å². The molecule has 3 heteroatoms. The summed E-state index contributed by atoms with van der Waals surface area (Å²) in [5.41, 5.74) is 1.13. The zero-order chi connectivity index (χ0) is 11.8. The van der Waals surface area contributed by atoms with Crippen LogP contribution in [0.4, 0.5) is 0 Å². The number of hydrogen-bond acceptors (Lipinski definition) is 2. The first kappa shape index (κ1) is 13.3. The minimum absolute atomic E-state index is 0.808. The molecule has 0 aliphatic heterocycles. The molecule has 0 saturated heterocycles. The number of methoxy groups -OCH3 is 1. The van der Waals surface area contributed by atoms with Crippen LogP contribution in [0, 0.1) is 0 Å². The summed E-state index contributed by atoms with van der Waals surface area (Å²) in [7, 11) is 1.69. The molecule has 0 unspecified atom stereocenters. The van der Waals surface area contributed by atoms with Crippen molar-refractivity contribution in [2.24, 2.45) is 0 Å². The Morgan fingerprint density at radius 1 is 1.31 bits per heavy atom. The molecule has 0 spiro atoms. The van der Waals surface area contributed by atoms with Crippen LogP contribution < -0.4 is 10.1 Å². The number of benzene rings is 1. The highest BCUT2D eigenvalue weighted by molar-refractivity contribution is 6.31. The van der Waals surface area contributed by atoms with Gasteiger partial charge in [-0.1, -0.05) is 24.6 Å². The Balaban J connectivity index is 2.46. The Morgan fingerprint density at radius 2 is 2.12 bits per heavy atom. The zero-order valence-electron chi connectivity index (χ0n) is 10.1. The molecule has 1 N–H and O–H groups in total. The molecule has 0 aliphatic rings. The smallest absolute Gasteiger partial charge is 0.123 e. The maximum Gasteiger partial charge on any atom is 0.123 e. The van der Waals surface area contributed by atoms with Gasteiger partial charge in [-0.3, -0.25) is 0 Å². The van der Waals surface area contributed by atoms with Crippen LogP contribution in [0.25, 0.3) is 0 Å². The van der Waals surface area contributed by atoms with Crippen molar-refractivity contribution >= 4 is 11.6 Å². The van der Waals surface area contributed by atoms with Gasteiger partial charge in [0.1, 0.15) is 5.75 Å². The number of unbranched alkanes of at least 4 members (excludes halogenated alkanes) is 1. The molecular weight excluding hydrogens is 222 g/mol. The number of rotatable bonds is 7. The third kappa shape index (κ3) is 4.03. The van der Waals surface area contributed by atoms with Crippen molar-refractivity contribution in [2.45, 2.75) is 26.2 Å². The van der Waals surface area contributed by atoms with Crippen LogP contribution in [0.5, 0.6) is 5.75 Å². The average Bonchev–Trinajstić information content (AvgIpc) is 2.30. The van der Waals surface area contributed by atoms with Gasteiger partial charge in [0.05, 0.1) is 7.11 Å². The molecule has 0 aliphatic carbocycles. The summed E-state index contributed by atoms with van der Waals surface area (Å²) >= 11 is 6.15. The summed E-state index contributed by atoms with van der Waals surface area (Å²) in [6.45, 7) is 4.23. The molecule has 0 heterocycles. The third-order valence-electron chi connectivity index (χ3n) is 2.58. The predicted octanol–water partition coefficient (Wildman–Crippen LogP) is 3.28. The first-order valence-corrected chi connectivity index (χ1v) is 6.19. The fourth-order valence-corrected chi connectivity index (χ4v) is 1.96. The summed E-state index contributed by atoms with van der Waals surface area (Å²) in [6.07, 6.45) is 3.28. The minimum atomic E-state index is 0.808. The van der Waals surface area contributed by atoms with Crippen LogP contribution >= 0.6 is 11.6 Å². The largest absolute Gasteiger partial charge is 0.496 e. The Morgan fingerprint density at radius 3 is 2.81 bits per heavy atom. The van der Waals surface area contributed by atoms with Crippen molar-refractivity contribution in [2.75, 3.05) is 20.2 Å². The number of halogens is 1. The van der Waals surface area contributed by atoms with Crippen LogP contribution in [0.2, 0.25) is 5.02 Å². The maximum atomic E-state index is 6.15. The van der Waals surface area contributed by atoms with Crippen molar-refractivity contribution in [3.05, 3.63) is 28.8 Å². The van der Waals surface area contributed by atoms with Crippen molar-refractivity contribution in [1.82, 2.24) is 5.32 Å². The first-order valence-electron chi connectivity index (χ1n) is 5.81. The average molecular weight is 242 g/mol. The van der Waals surface area contributed by atoms with Gasteiger partial charge in [0.25, 0.3) is 0 Å². The highest BCUT2D eigenvalue weighted by Gasteiger charge is 2.06. The Bertz CT molecular complexity index is 315. The van der Waals surface area contributed by atoms with E-state index >= 15 is 0 Å². The number of ether oxygens (including phenoxy) is 1. The lowest BCUT2D eigenvalue weighted by atomic mass is 10.1. The van der Waals surface area contributed by atoms with Crippen LogP contribution in [-0.2, 0) is 6.42 Å². The highest BCUT2D eigenvalue weighted by Crippen LogP contribution is 2.27. The molecule has 0 aromatic heterocycles. The Kier molecular flexibility index (Phi) is 6.27. The van der Waals surface area contributed by atoms with Crippen molar-refractivity contribution < 1.29 is 4.74 Å². The van der Waals surface area contributed by atoms with Crippen molar-refractivity contribution in [3.8, 4) is 5.75 Å². The summed E-state index contributed by atoms with van der Waals surface area (Å²) in [6, 6.07) is 5.80. The second kappa shape index (κ2) is 7.53. The summed E-state index contributed by atoms with van der Waals surface area (Å²) in [5, 5.41) is 4.12. The molecule has 0 saturated carbocycles. The van der Waals surface area contributed by atoms with E-state index in [0.717, 1.165) is 42.3 Å². The van der Waals surface area contributed by atoms with E-state index in [-0.39, 0.29) is 0 Å². The molecule has 0 radical (unpaired) electrons. The van der Waals surface area contributed by atoms with E-state index in [9.17, 15) is 0 Å². The molecule has 1 rings (SSSR count). The quantitative estimate of drug-likeness (QED) is 0.740. The molecule has 1 aromatic carbocycles. The van der Waals surface area contributed by atoms with Gasteiger partial charge in [0.15, 0.2) is 0 Å². The van der Waals surface area contributed by atoms with Gasteiger partial charge in [0, 0.05) is 10.6 Å². The first-order chi connectivity index (χ1) is 7.79. The lowest BCUT2D eigenvalue weighted by Gasteiger charge is -2.10.